The Morgan fingerprint density at radius 1 is 0.951 bits per heavy atom. The zero-order valence-corrected chi connectivity index (χ0v) is 23.5. The molecule has 1 aliphatic rings. The van der Waals surface area contributed by atoms with Gasteiger partial charge < -0.3 is 24.4 Å². The van der Waals surface area contributed by atoms with Crippen LogP contribution >= 0.6 is 0 Å². The fraction of sp³-hybridized carbons (Fsp3) is 0.281. The lowest BCUT2D eigenvalue weighted by Gasteiger charge is -2.28. The first-order chi connectivity index (χ1) is 19.9. The second-order valence-electron chi connectivity index (χ2n) is 9.67. The highest BCUT2D eigenvalue weighted by Crippen LogP contribution is 2.33. The van der Waals surface area contributed by atoms with Crippen LogP contribution in [0.5, 0.6) is 11.5 Å². The van der Waals surface area contributed by atoms with Gasteiger partial charge in [-0.05, 0) is 41.8 Å². The number of hydrogen-bond acceptors (Lipinski definition) is 6. The van der Waals surface area contributed by atoms with Crippen LogP contribution in [-0.2, 0) is 32.1 Å². The van der Waals surface area contributed by atoms with E-state index in [1.54, 1.807) is 36.3 Å². The fourth-order valence-corrected chi connectivity index (χ4v) is 4.63. The van der Waals surface area contributed by atoms with Crippen LogP contribution in [0.3, 0.4) is 0 Å². The smallest absolute Gasteiger partial charge is 0.309 e. The lowest BCUT2D eigenvalue weighted by Crippen LogP contribution is -2.46. The number of para-hydroxylation sites is 2. The summed E-state index contributed by atoms with van der Waals surface area (Å²) in [5.74, 6) is 0.416. The molecule has 0 spiro atoms. The molecular formula is C32H34N3O6. The standard InChI is InChI=1S/C32H34N3O6/c1-22(36)35(19-24-8-4-7-11-30(24)39-2)20-26(17-25-18-33-29-10-6-5-9-28(25)29)34-31(37)21-41-27-14-12-23(13-15-27)16-32(38)40-3/h4-15,18,26H,16-17,19-21H2,1-3H3,(H,34,37). The average Bonchev–Trinajstić information content (AvgIpc) is 3.39. The summed E-state index contributed by atoms with van der Waals surface area (Å²) in [6, 6.07) is 21.9. The van der Waals surface area contributed by atoms with Gasteiger partial charge in [-0.25, -0.2) is 0 Å². The number of ether oxygens (including phenoxy) is 3. The van der Waals surface area contributed by atoms with Crippen molar-refractivity contribution in [3.8, 4) is 11.5 Å². The number of esters is 1. The van der Waals surface area contributed by atoms with Crippen molar-refractivity contribution in [2.75, 3.05) is 27.4 Å². The highest BCUT2D eigenvalue weighted by atomic mass is 16.5. The number of hydrogen-bond donors (Lipinski definition) is 1. The Kier molecular flexibility index (Phi) is 9.99. The van der Waals surface area contributed by atoms with Gasteiger partial charge in [-0.3, -0.25) is 19.7 Å². The van der Waals surface area contributed by atoms with Crippen LogP contribution in [0.2, 0.25) is 0 Å². The summed E-state index contributed by atoms with van der Waals surface area (Å²) in [7, 11) is 2.94. The molecule has 4 rings (SSSR count). The normalized spacial score (nSPS) is 12.3. The van der Waals surface area contributed by atoms with Gasteiger partial charge in [0.1, 0.15) is 11.5 Å². The van der Waals surface area contributed by atoms with Crippen molar-refractivity contribution in [2.45, 2.75) is 32.4 Å². The minimum Gasteiger partial charge on any atom is -0.496 e. The van der Waals surface area contributed by atoms with Crippen molar-refractivity contribution in [1.29, 1.82) is 0 Å². The summed E-state index contributed by atoms with van der Waals surface area (Å²) in [5.41, 5.74) is 4.52. The monoisotopic (exact) mass is 556 g/mol. The molecule has 1 heterocycles. The van der Waals surface area contributed by atoms with Gasteiger partial charge in [0.2, 0.25) is 5.91 Å². The minimum absolute atomic E-state index is 0.121. The van der Waals surface area contributed by atoms with E-state index in [1.807, 2.05) is 54.7 Å². The predicted molar refractivity (Wildman–Crippen MR) is 155 cm³/mol. The molecule has 1 atom stereocenters. The molecule has 3 aromatic carbocycles. The van der Waals surface area contributed by atoms with E-state index in [0.717, 1.165) is 28.0 Å². The van der Waals surface area contributed by atoms with E-state index in [1.165, 1.54) is 14.0 Å². The first kappa shape index (κ1) is 29.2. The molecule has 41 heavy (non-hydrogen) atoms. The summed E-state index contributed by atoms with van der Waals surface area (Å²) in [6.45, 7) is 1.92. The summed E-state index contributed by atoms with van der Waals surface area (Å²) in [6.07, 6.45) is 2.45. The third kappa shape index (κ3) is 8.11. The van der Waals surface area contributed by atoms with Gasteiger partial charge in [0, 0.05) is 37.3 Å². The summed E-state index contributed by atoms with van der Waals surface area (Å²) >= 11 is 0. The van der Waals surface area contributed by atoms with Crippen LogP contribution in [0, 0.1) is 0 Å². The molecule has 0 aromatic heterocycles. The first-order valence-electron chi connectivity index (χ1n) is 13.3. The average molecular weight is 557 g/mol. The van der Waals surface area contributed by atoms with Gasteiger partial charge in [-0.15, -0.1) is 0 Å². The first-order valence-corrected chi connectivity index (χ1v) is 13.3. The Morgan fingerprint density at radius 2 is 1.68 bits per heavy atom. The van der Waals surface area contributed by atoms with Gasteiger partial charge in [-0.1, -0.05) is 48.5 Å². The Morgan fingerprint density at radius 3 is 2.41 bits per heavy atom. The van der Waals surface area contributed by atoms with E-state index in [2.05, 4.69) is 10.6 Å². The van der Waals surface area contributed by atoms with Crippen molar-refractivity contribution in [3.63, 3.8) is 0 Å². The van der Waals surface area contributed by atoms with E-state index >= 15 is 0 Å². The van der Waals surface area contributed by atoms with Crippen LogP contribution in [0.4, 0.5) is 5.69 Å². The van der Waals surface area contributed by atoms with E-state index in [4.69, 9.17) is 14.2 Å². The van der Waals surface area contributed by atoms with Crippen molar-refractivity contribution in [1.82, 2.24) is 15.5 Å². The summed E-state index contributed by atoms with van der Waals surface area (Å²) in [4.78, 5) is 38.9. The molecule has 9 heteroatoms. The number of carbonyl (C=O) groups excluding carboxylic acids is 3. The SMILES string of the molecule is COC(=O)Cc1ccc(OCC(=O)NC(CC2=C[N]c3ccccc32)CN(Cc2ccccc2OC)C(C)=O)cc1. The highest BCUT2D eigenvalue weighted by molar-refractivity contribution is 5.81. The molecule has 0 aliphatic carbocycles. The van der Waals surface area contributed by atoms with E-state index in [-0.39, 0.29) is 37.4 Å². The van der Waals surface area contributed by atoms with Gasteiger partial charge in [0.05, 0.1) is 32.4 Å². The molecule has 0 saturated carbocycles. The molecule has 0 saturated heterocycles. The molecule has 1 aliphatic heterocycles. The van der Waals surface area contributed by atoms with E-state index < -0.39 is 6.04 Å². The zero-order chi connectivity index (χ0) is 29.2. The number of carbonyl (C=O) groups is 3. The molecule has 0 fully saturated rings. The summed E-state index contributed by atoms with van der Waals surface area (Å²) < 4.78 is 15.9. The second kappa shape index (κ2) is 14.0. The maximum Gasteiger partial charge on any atom is 0.309 e. The van der Waals surface area contributed by atoms with Crippen LogP contribution in [0.25, 0.3) is 5.57 Å². The van der Waals surface area contributed by atoms with Gasteiger partial charge in [0.15, 0.2) is 6.61 Å². The molecular weight excluding hydrogens is 522 g/mol. The molecule has 2 amide bonds. The summed E-state index contributed by atoms with van der Waals surface area (Å²) in [5, 5.41) is 7.56. The molecule has 1 unspecified atom stereocenters. The van der Waals surface area contributed by atoms with Gasteiger partial charge >= 0.3 is 5.97 Å². The van der Waals surface area contributed by atoms with Crippen molar-refractivity contribution >= 4 is 29.0 Å². The topological polar surface area (TPSA) is 108 Å². The lowest BCUT2D eigenvalue weighted by molar-refractivity contribution is -0.139. The van der Waals surface area contributed by atoms with Crippen LogP contribution in [-0.4, -0.2) is 56.1 Å². The Hall–Kier alpha value is -4.79. The predicted octanol–water partition coefficient (Wildman–Crippen LogP) is 4.00. The maximum absolute atomic E-state index is 13.0. The molecule has 0 bridgehead atoms. The molecule has 1 N–H and O–H groups in total. The number of nitrogens with zero attached hydrogens (tertiary/aromatic N) is 2. The molecule has 3 aromatic rings. The number of methoxy groups -OCH3 is 2. The minimum atomic E-state index is -0.403. The molecule has 9 nitrogen and oxygen atoms in total. The number of rotatable bonds is 13. The fourth-order valence-electron chi connectivity index (χ4n) is 4.63. The quantitative estimate of drug-likeness (QED) is 0.319. The van der Waals surface area contributed by atoms with Crippen molar-refractivity contribution in [3.05, 3.63) is 95.7 Å². The second-order valence-corrected chi connectivity index (χ2v) is 9.67. The lowest BCUT2D eigenvalue weighted by atomic mass is 9.99. The van der Waals surface area contributed by atoms with Crippen molar-refractivity contribution < 1.29 is 28.6 Å². The van der Waals surface area contributed by atoms with Crippen molar-refractivity contribution in [2.24, 2.45) is 0 Å². The van der Waals surface area contributed by atoms with E-state index in [9.17, 15) is 14.4 Å². The van der Waals surface area contributed by atoms with Gasteiger partial charge in [-0.2, -0.15) is 0 Å². The van der Waals surface area contributed by atoms with E-state index in [0.29, 0.717) is 24.5 Å². The van der Waals surface area contributed by atoms with Crippen LogP contribution in [0.15, 0.2) is 79.0 Å². The zero-order valence-electron chi connectivity index (χ0n) is 23.5. The third-order valence-electron chi connectivity index (χ3n) is 6.75. The Labute approximate surface area is 240 Å². The largest absolute Gasteiger partial charge is 0.496 e. The molecule has 1 radical (unpaired) electrons. The molecule has 213 valence electrons. The Balaban J connectivity index is 1.45. The number of amides is 2. The highest BCUT2D eigenvalue weighted by Gasteiger charge is 2.24. The van der Waals surface area contributed by atoms with Crippen LogP contribution in [0.1, 0.15) is 30.0 Å². The number of fused-ring (bicyclic) bond motifs is 1. The number of benzene rings is 3. The number of nitrogens with one attached hydrogen (secondary N) is 1. The van der Waals surface area contributed by atoms with Gasteiger partial charge in [0.25, 0.3) is 5.91 Å². The maximum atomic E-state index is 13.0. The van der Waals surface area contributed by atoms with Crippen LogP contribution < -0.4 is 20.1 Å². The Bertz CT molecular complexity index is 1400. The third-order valence-corrected chi connectivity index (χ3v) is 6.75.